The van der Waals surface area contributed by atoms with Crippen molar-refractivity contribution < 1.29 is 9.59 Å². The minimum absolute atomic E-state index is 0.0840. The monoisotopic (exact) mass is 407 g/mol. The van der Waals surface area contributed by atoms with Crippen LogP contribution in [0.25, 0.3) is 10.8 Å². The molecule has 0 radical (unpaired) electrons. The van der Waals surface area contributed by atoms with Crippen molar-refractivity contribution in [3.8, 4) is 0 Å². The lowest BCUT2D eigenvalue weighted by atomic mass is 10.1. The zero-order chi connectivity index (χ0) is 21.7. The molecule has 8 nitrogen and oxygen atoms in total. The highest BCUT2D eigenvalue weighted by Gasteiger charge is 2.18. The number of nitrogens with zero attached hydrogens (tertiary/aromatic N) is 3. The van der Waals surface area contributed by atoms with Gasteiger partial charge in [-0.3, -0.25) is 30.2 Å². The first-order chi connectivity index (χ1) is 14.4. The molecule has 0 bridgehead atoms. The van der Waals surface area contributed by atoms with Crippen LogP contribution in [0.5, 0.6) is 0 Å². The van der Waals surface area contributed by atoms with Gasteiger partial charge in [-0.05, 0) is 38.5 Å². The number of hydrogen-bond donors (Lipinski definition) is 2. The Labute approximate surface area is 174 Å². The Morgan fingerprint density at radius 1 is 0.967 bits per heavy atom. The van der Waals surface area contributed by atoms with E-state index in [4.69, 9.17) is 0 Å². The van der Waals surface area contributed by atoms with E-state index in [1.165, 1.54) is 4.68 Å². The number of hydrogen-bond acceptors (Lipinski definition) is 5. The van der Waals surface area contributed by atoms with Crippen molar-refractivity contribution in [3.63, 3.8) is 0 Å². The van der Waals surface area contributed by atoms with Crippen molar-refractivity contribution in [2.75, 3.05) is 0 Å². The fraction of sp³-hybridized carbons (Fsp3) is 0.318. The van der Waals surface area contributed by atoms with Crippen LogP contribution in [0.1, 0.15) is 58.4 Å². The second kappa shape index (κ2) is 9.30. The molecule has 156 valence electrons. The van der Waals surface area contributed by atoms with Gasteiger partial charge in [0.05, 0.1) is 16.6 Å². The van der Waals surface area contributed by atoms with Crippen LogP contribution >= 0.6 is 0 Å². The van der Waals surface area contributed by atoms with Crippen LogP contribution in [0.15, 0.2) is 41.2 Å². The number of pyridine rings is 1. The molecule has 1 aromatic carbocycles. The first-order valence-corrected chi connectivity index (χ1v) is 9.97. The summed E-state index contributed by atoms with van der Waals surface area (Å²) >= 11 is 0. The minimum Gasteiger partial charge on any atom is -0.267 e. The van der Waals surface area contributed by atoms with Crippen LogP contribution in [0.3, 0.4) is 0 Å². The Balaban J connectivity index is 1.85. The Kier molecular flexibility index (Phi) is 6.56. The van der Waals surface area contributed by atoms with E-state index in [9.17, 15) is 14.4 Å². The standard InChI is InChI=1S/C22H25N5O3/c1-4-5-8-13-27-22(30)18-10-7-6-9-17(18)19(26-27)21(29)25-24-20(28)16-12-11-14(2)23-15(16)3/h6-7,9-12H,4-5,8,13H2,1-3H3,(H,24,28)(H,25,29). The topological polar surface area (TPSA) is 106 Å². The lowest BCUT2D eigenvalue weighted by Crippen LogP contribution is -2.43. The molecule has 0 aliphatic heterocycles. The summed E-state index contributed by atoms with van der Waals surface area (Å²) in [5, 5.41) is 5.14. The molecule has 2 aromatic heterocycles. The number of aromatic nitrogens is 3. The van der Waals surface area contributed by atoms with Gasteiger partial charge in [-0.2, -0.15) is 5.10 Å². The molecule has 0 unspecified atom stereocenters. The number of fused-ring (bicyclic) bond motifs is 1. The van der Waals surface area contributed by atoms with Gasteiger partial charge < -0.3 is 0 Å². The first-order valence-electron chi connectivity index (χ1n) is 9.97. The summed E-state index contributed by atoms with van der Waals surface area (Å²) in [5.41, 5.74) is 6.38. The Morgan fingerprint density at radius 2 is 1.67 bits per heavy atom. The van der Waals surface area contributed by atoms with E-state index < -0.39 is 11.8 Å². The van der Waals surface area contributed by atoms with E-state index in [1.54, 1.807) is 43.3 Å². The molecule has 0 spiro atoms. The van der Waals surface area contributed by atoms with E-state index in [1.807, 2.05) is 6.92 Å². The molecule has 0 aliphatic carbocycles. The fourth-order valence-electron chi connectivity index (χ4n) is 3.23. The van der Waals surface area contributed by atoms with Crippen LogP contribution < -0.4 is 16.4 Å². The number of benzene rings is 1. The summed E-state index contributed by atoms with van der Waals surface area (Å²) in [6.45, 7) is 6.06. The third-order valence-electron chi connectivity index (χ3n) is 4.82. The van der Waals surface area contributed by atoms with E-state index >= 15 is 0 Å². The molecule has 2 N–H and O–H groups in total. The van der Waals surface area contributed by atoms with Crippen molar-refractivity contribution in [2.45, 2.75) is 46.6 Å². The SMILES string of the molecule is CCCCCn1nc(C(=O)NNC(=O)c2ccc(C)nc2C)c2ccccc2c1=O. The van der Waals surface area contributed by atoms with Gasteiger partial charge in [0.15, 0.2) is 5.69 Å². The van der Waals surface area contributed by atoms with Crippen LogP contribution in [0.2, 0.25) is 0 Å². The van der Waals surface area contributed by atoms with Crippen molar-refractivity contribution in [1.29, 1.82) is 0 Å². The molecular weight excluding hydrogens is 382 g/mol. The zero-order valence-electron chi connectivity index (χ0n) is 17.4. The van der Waals surface area contributed by atoms with Gasteiger partial charge >= 0.3 is 0 Å². The van der Waals surface area contributed by atoms with Gasteiger partial charge in [0, 0.05) is 17.6 Å². The summed E-state index contributed by atoms with van der Waals surface area (Å²) in [6.07, 6.45) is 2.76. The number of carbonyl (C=O) groups excluding carboxylic acids is 2. The second-order valence-electron chi connectivity index (χ2n) is 7.12. The summed E-state index contributed by atoms with van der Waals surface area (Å²) < 4.78 is 1.32. The number of rotatable bonds is 6. The summed E-state index contributed by atoms with van der Waals surface area (Å²) in [5.74, 6) is -1.07. The predicted octanol–water partition coefficient (Wildman–Crippen LogP) is 2.67. The Hall–Kier alpha value is -3.55. The molecule has 3 aromatic rings. The molecule has 2 heterocycles. The average molecular weight is 407 g/mol. The number of hydrazine groups is 1. The van der Waals surface area contributed by atoms with Gasteiger partial charge in [-0.25, -0.2) is 4.68 Å². The maximum absolute atomic E-state index is 12.8. The van der Waals surface area contributed by atoms with Gasteiger partial charge in [0.1, 0.15) is 0 Å². The Morgan fingerprint density at radius 3 is 2.37 bits per heavy atom. The molecule has 8 heteroatoms. The number of carbonyl (C=O) groups is 2. The highest BCUT2D eigenvalue weighted by Crippen LogP contribution is 2.13. The number of nitrogens with one attached hydrogen (secondary N) is 2. The largest absolute Gasteiger partial charge is 0.290 e. The molecule has 0 atom stereocenters. The van der Waals surface area contributed by atoms with Crippen LogP contribution in [-0.4, -0.2) is 26.6 Å². The molecule has 3 rings (SSSR count). The molecule has 30 heavy (non-hydrogen) atoms. The van der Waals surface area contributed by atoms with Crippen molar-refractivity contribution >= 4 is 22.6 Å². The van der Waals surface area contributed by atoms with Crippen molar-refractivity contribution in [3.05, 3.63) is 69.4 Å². The Bertz CT molecular complexity index is 1150. The number of amides is 2. The second-order valence-corrected chi connectivity index (χ2v) is 7.12. The maximum Gasteiger partial charge on any atom is 0.290 e. The lowest BCUT2D eigenvalue weighted by Gasteiger charge is -2.12. The highest BCUT2D eigenvalue weighted by molar-refractivity contribution is 6.06. The first kappa shape index (κ1) is 21.2. The van der Waals surface area contributed by atoms with Gasteiger partial charge in [-0.1, -0.05) is 38.0 Å². The highest BCUT2D eigenvalue weighted by atomic mass is 16.2. The van der Waals surface area contributed by atoms with Gasteiger partial charge in [0.2, 0.25) is 0 Å². The van der Waals surface area contributed by atoms with Crippen LogP contribution in [0, 0.1) is 13.8 Å². The van der Waals surface area contributed by atoms with Gasteiger partial charge in [0.25, 0.3) is 17.4 Å². The third-order valence-corrected chi connectivity index (χ3v) is 4.82. The lowest BCUT2D eigenvalue weighted by molar-refractivity contribution is 0.0843. The molecule has 2 amide bonds. The fourth-order valence-corrected chi connectivity index (χ4v) is 3.23. The third kappa shape index (κ3) is 4.53. The quantitative estimate of drug-likeness (QED) is 0.483. The molecule has 0 aliphatic rings. The zero-order valence-corrected chi connectivity index (χ0v) is 17.4. The van der Waals surface area contributed by atoms with Crippen LogP contribution in [0.4, 0.5) is 0 Å². The smallest absolute Gasteiger partial charge is 0.267 e. The van der Waals surface area contributed by atoms with E-state index in [2.05, 4.69) is 27.9 Å². The summed E-state index contributed by atoms with van der Waals surface area (Å²) in [6, 6.07) is 10.2. The van der Waals surface area contributed by atoms with E-state index in [-0.39, 0.29) is 11.3 Å². The maximum atomic E-state index is 12.8. The normalized spacial score (nSPS) is 10.8. The minimum atomic E-state index is -0.596. The van der Waals surface area contributed by atoms with E-state index in [0.29, 0.717) is 28.6 Å². The summed E-state index contributed by atoms with van der Waals surface area (Å²) in [4.78, 5) is 42.2. The average Bonchev–Trinajstić information content (AvgIpc) is 2.73. The number of aryl methyl sites for hydroxylation is 3. The van der Waals surface area contributed by atoms with Crippen molar-refractivity contribution in [2.24, 2.45) is 0 Å². The molecule has 0 saturated heterocycles. The number of unbranched alkanes of at least 4 members (excludes halogenated alkanes) is 2. The van der Waals surface area contributed by atoms with Crippen molar-refractivity contribution in [1.82, 2.24) is 25.6 Å². The predicted molar refractivity (Wildman–Crippen MR) is 114 cm³/mol. The molecule has 0 saturated carbocycles. The van der Waals surface area contributed by atoms with E-state index in [0.717, 1.165) is 25.0 Å². The molecular formula is C22H25N5O3. The summed E-state index contributed by atoms with van der Waals surface area (Å²) in [7, 11) is 0. The van der Waals surface area contributed by atoms with Gasteiger partial charge in [-0.15, -0.1) is 0 Å². The molecule has 0 fully saturated rings. The van der Waals surface area contributed by atoms with Crippen LogP contribution in [-0.2, 0) is 6.54 Å².